The first-order chi connectivity index (χ1) is 11.0. The van der Waals surface area contributed by atoms with Crippen molar-refractivity contribution in [2.24, 2.45) is 0 Å². The van der Waals surface area contributed by atoms with Gasteiger partial charge in [0.05, 0.1) is 0 Å². The molecule has 0 saturated heterocycles. The molecule has 0 aromatic heterocycles. The van der Waals surface area contributed by atoms with Crippen molar-refractivity contribution in [1.82, 2.24) is 0 Å². The predicted molar refractivity (Wildman–Crippen MR) is 101 cm³/mol. The van der Waals surface area contributed by atoms with Gasteiger partial charge in [-0.25, -0.2) is 0 Å². The number of hydrogen-bond donors (Lipinski definition) is 0. The van der Waals surface area contributed by atoms with Gasteiger partial charge in [0.25, 0.3) is 0 Å². The maximum absolute atomic E-state index is 6.33. The normalized spacial score (nSPS) is 18.6. The van der Waals surface area contributed by atoms with E-state index in [0.717, 1.165) is 9.50 Å². The van der Waals surface area contributed by atoms with Crippen LogP contribution in [0.1, 0.15) is 29.2 Å². The zero-order chi connectivity index (χ0) is 16.2. The molecule has 0 aliphatic heterocycles. The Bertz CT molecular complexity index is 912. The molecule has 0 nitrogen and oxygen atoms in total. The first-order valence-electron chi connectivity index (χ1n) is 7.68. The number of fused-ring (bicyclic) bond motifs is 3. The third kappa shape index (κ3) is 2.10. The molecule has 0 heterocycles. The molecule has 0 amide bonds. The molecule has 3 aromatic carbocycles. The lowest BCUT2D eigenvalue weighted by Gasteiger charge is -2.28. The van der Waals surface area contributed by atoms with Gasteiger partial charge in [-0.05, 0) is 54.3 Å². The van der Waals surface area contributed by atoms with Crippen molar-refractivity contribution in [1.29, 1.82) is 0 Å². The standard InChI is InChI=1S/C21H16BrCl/c1-13-6-8-14(9-7-13)21(2)17-4-3-5-19(22)20(17)16-11-10-15(23)12-18(16)21/h3-12H,1-2H3. The fraction of sp³-hybridized carbons (Fsp3) is 0.143. The highest BCUT2D eigenvalue weighted by molar-refractivity contribution is 9.10. The second-order valence-electron chi connectivity index (χ2n) is 6.34. The van der Waals surface area contributed by atoms with Gasteiger partial charge in [0.15, 0.2) is 0 Å². The van der Waals surface area contributed by atoms with E-state index in [1.165, 1.54) is 33.4 Å². The van der Waals surface area contributed by atoms with Gasteiger partial charge in [-0.3, -0.25) is 0 Å². The van der Waals surface area contributed by atoms with E-state index < -0.39 is 0 Å². The molecular weight excluding hydrogens is 368 g/mol. The summed E-state index contributed by atoms with van der Waals surface area (Å²) < 4.78 is 1.13. The minimum Gasteiger partial charge on any atom is -0.0843 e. The van der Waals surface area contributed by atoms with Crippen LogP contribution in [0.3, 0.4) is 0 Å². The Balaban J connectivity index is 2.10. The van der Waals surface area contributed by atoms with Crippen LogP contribution >= 0.6 is 27.5 Å². The molecule has 0 saturated carbocycles. The molecule has 3 aromatic rings. The largest absolute Gasteiger partial charge is 0.0843 e. The molecule has 0 radical (unpaired) electrons. The van der Waals surface area contributed by atoms with E-state index in [4.69, 9.17) is 11.6 Å². The van der Waals surface area contributed by atoms with E-state index in [9.17, 15) is 0 Å². The van der Waals surface area contributed by atoms with Crippen molar-refractivity contribution in [2.45, 2.75) is 19.3 Å². The summed E-state index contributed by atoms with van der Waals surface area (Å²) in [6.45, 7) is 4.42. The van der Waals surface area contributed by atoms with Gasteiger partial charge in [-0.1, -0.05) is 75.6 Å². The number of benzene rings is 3. The Labute approximate surface area is 150 Å². The monoisotopic (exact) mass is 382 g/mol. The van der Waals surface area contributed by atoms with Crippen molar-refractivity contribution in [3.8, 4) is 11.1 Å². The van der Waals surface area contributed by atoms with Gasteiger partial charge >= 0.3 is 0 Å². The van der Waals surface area contributed by atoms with Crippen molar-refractivity contribution >= 4 is 27.5 Å². The van der Waals surface area contributed by atoms with Crippen LogP contribution in [0.15, 0.2) is 65.1 Å². The Morgan fingerprint density at radius 2 is 1.65 bits per heavy atom. The molecule has 0 fully saturated rings. The number of halogens is 2. The highest BCUT2D eigenvalue weighted by atomic mass is 79.9. The fourth-order valence-electron chi connectivity index (χ4n) is 3.71. The smallest absolute Gasteiger partial charge is 0.0436 e. The third-order valence-electron chi connectivity index (χ3n) is 4.97. The van der Waals surface area contributed by atoms with Crippen LogP contribution in [0.2, 0.25) is 5.02 Å². The van der Waals surface area contributed by atoms with Gasteiger partial charge in [-0.2, -0.15) is 0 Å². The van der Waals surface area contributed by atoms with Crippen LogP contribution in [0.4, 0.5) is 0 Å². The van der Waals surface area contributed by atoms with Crippen molar-refractivity contribution in [3.63, 3.8) is 0 Å². The molecule has 1 aliphatic rings. The second kappa shape index (κ2) is 5.22. The molecule has 114 valence electrons. The van der Waals surface area contributed by atoms with Crippen LogP contribution in [-0.4, -0.2) is 0 Å². The Morgan fingerprint density at radius 3 is 2.39 bits per heavy atom. The summed E-state index contributed by atoms with van der Waals surface area (Å²) in [6, 6.07) is 21.5. The van der Waals surface area contributed by atoms with Crippen LogP contribution < -0.4 is 0 Å². The molecular formula is C21H16BrCl. The highest BCUT2D eigenvalue weighted by Crippen LogP contribution is 2.54. The molecule has 1 unspecified atom stereocenters. The molecule has 2 heteroatoms. The van der Waals surface area contributed by atoms with Crippen molar-refractivity contribution < 1.29 is 0 Å². The summed E-state index contributed by atoms with van der Waals surface area (Å²) >= 11 is 10.1. The number of aryl methyl sites for hydroxylation is 1. The van der Waals surface area contributed by atoms with Crippen LogP contribution in [0.5, 0.6) is 0 Å². The van der Waals surface area contributed by atoms with E-state index in [1.807, 2.05) is 6.07 Å². The van der Waals surface area contributed by atoms with Gasteiger partial charge in [-0.15, -0.1) is 0 Å². The predicted octanol–water partition coefficient (Wildman–Crippen LogP) is 6.75. The summed E-state index contributed by atoms with van der Waals surface area (Å²) in [7, 11) is 0. The zero-order valence-electron chi connectivity index (χ0n) is 13.0. The zero-order valence-corrected chi connectivity index (χ0v) is 15.4. The molecule has 1 atom stereocenters. The van der Waals surface area contributed by atoms with Crippen molar-refractivity contribution in [3.05, 3.63) is 92.4 Å². The summed E-state index contributed by atoms with van der Waals surface area (Å²) in [5, 5.41) is 0.783. The third-order valence-corrected chi connectivity index (χ3v) is 5.87. The fourth-order valence-corrected chi connectivity index (χ4v) is 4.46. The topological polar surface area (TPSA) is 0 Å². The van der Waals surface area contributed by atoms with Crippen molar-refractivity contribution in [2.75, 3.05) is 0 Å². The average molecular weight is 384 g/mol. The van der Waals surface area contributed by atoms with Gasteiger partial charge < -0.3 is 0 Å². The minimum absolute atomic E-state index is 0.187. The molecule has 4 rings (SSSR count). The second-order valence-corrected chi connectivity index (χ2v) is 7.63. The average Bonchev–Trinajstić information content (AvgIpc) is 2.79. The minimum atomic E-state index is -0.187. The Hall–Kier alpha value is -1.57. The molecule has 1 aliphatic carbocycles. The Kier molecular flexibility index (Phi) is 3.40. The van der Waals surface area contributed by atoms with Gasteiger partial charge in [0.1, 0.15) is 0 Å². The van der Waals surface area contributed by atoms with Crippen LogP contribution in [0.25, 0.3) is 11.1 Å². The quantitative estimate of drug-likeness (QED) is 0.436. The lowest BCUT2D eigenvalue weighted by atomic mass is 9.74. The molecule has 0 N–H and O–H groups in total. The summed E-state index contributed by atoms with van der Waals surface area (Å²) in [4.78, 5) is 0. The Morgan fingerprint density at radius 1 is 0.913 bits per heavy atom. The van der Waals surface area contributed by atoms with E-state index in [1.54, 1.807) is 0 Å². The number of hydrogen-bond acceptors (Lipinski definition) is 0. The lowest BCUT2D eigenvalue weighted by molar-refractivity contribution is 0.713. The molecule has 0 spiro atoms. The van der Waals surface area contributed by atoms with E-state index >= 15 is 0 Å². The molecule has 23 heavy (non-hydrogen) atoms. The van der Waals surface area contributed by atoms with Gasteiger partial charge in [0.2, 0.25) is 0 Å². The van der Waals surface area contributed by atoms with E-state index in [-0.39, 0.29) is 5.41 Å². The summed E-state index contributed by atoms with van der Waals surface area (Å²) in [6.07, 6.45) is 0. The maximum Gasteiger partial charge on any atom is 0.0436 e. The highest BCUT2D eigenvalue weighted by Gasteiger charge is 2.41. The summed E-state index contributed by atoms with van der Waals surface area (Å²) in [5.41, 5.74) is 7.53. The first-order valence-corrected chi connectivity index (χ1v) is 8.85. The lowest BCUT2D eigenvalue weighted by Crippen LogP contribution is -2.22. The van der Waals surface area contributed by atoms with Crippen LogP contribution in [0, 0.1) is 6.92 Å². The number of rotatable bonds is 1. The van der Waals surface area contributed by atoms with E-state index in [2.05, 4.69) is 84.4 Å². The van der Waals surface area contributed by atoms with Crippen LogP contribution in [-0.2, 0) is 5.41 Å². The van der Waals surface area contributed by atoms with E-state index in [0.29, 0.717) is 0 Å². The summed E-state index contributed by atoms with van der Waals surface area (Å²) in [5.74, 6) is 0. The van der Waals surface area contributed by atoms with Gasteiger partial charge in [0, 0.05) is 20.5 Å². The maximum atomic E-state index is 6.33. The first kappa shape index (κ1) is 15.0. The SMILES string of the molecule is Cc1ccc(C2(C)c3cc(Cl)ccc3-c3c(Br)cccc32)cc1. The molecule has 0 bridgehead atoms.